The molecule has 0 spiro atoms. The largest absolute Gasteiger partial charge is 0.395 e. The van der Waals surface area contributed by atoms with Gasteiger partial charge in [-0.15, -0.1) is 0 Å². The zero-order valence-corrected chi connectivity index (χ0v) is 10.6. The van der Waals surface area contributed by atoms with Crippen molar-refractivity contribution >= 4 is 10.9 Å². The van der Waals surface area contributed by atoms with Crippen LogP contribution in [-0.2, 0) is 6.54 Å². The Balaban J connectivity index is 2.72. The number of nitrogens with zero attached hydrogens (tertiary/aromatic N) is 1. The second-order valence-electron chi connectivity index (χ2n) is 4.63. The van der Waals surface area contributed by atoms with E-state index in [-0.39, 0.29) is 6.61 Å². The minimum Gasteiger partial charge on any atom is -0.395 e. The van der Waals surface area contributed by atoms with Gasteiger partial charge in [0.2, 0.25) is 0 Å². The molecular weight excluding hydrogens is 214 g/mol. The van der Waals surface area contributed by atoms with Gasteiger partial charge in [-0.25, -0.2) is 0 Å². The van der Waals surface area contributed by atoms with Gasteiger partial charge in [0.15, 0.2) is 0 Å². The maximum atomic E-state index is 9.79. The first-order valence-corrected chi connectivity index (χ1v) is 5.93. The average Bonchev–Trinajstić information content (AvgIpc) is 2.59. The maximum absolute atomic E-state index is 9.79. The van der Waals surface area contributed by atoms with Crippen LogP contribution in [0.15, 0.2) is 18.3 Å². The quantitative estimate of drug-likeness (QED) is 0.854. The first kappa shape index (κ1) is 12.1. The SMILES string of the molecule is Cc1cc2c(C(C)O)cn(CCO)c2cc1C. The number of aliphatic hydroxyl groups excluding tert-OH is 2. The topological polar surface area (TPSA) is 45.4 Å². The van der Waals surface area contributed by atoms with E-state index >= 15 is 0 Å². The van der Waals surface area contributed by atoms with Gasteiger partial charge in [-0.3, -0.25) is 0 Å². The van der Waals surface area contributed by atoms with Gasteiger partial charge in [0.25, 0.3) is 0 Å². The number of aryl methyl sites for hydroxylation is 2. The fourth-order valence-corrected chi connectivity index (χ4v) is 2.20. The molecule has 2 aromatic rings. The van der Waals surface area contributed by atoms with Crippen LogP contribution < -0.4 is 0 Å². The zero-order valence-electron chi connectivity index (χ0n) is 10.6. The standard InChI is InChI=1S/C14H19NO2/c1-9-6-12-13(11(3)17)8-15(4-5-16)14(12)7-10(9)2/h6-8,11,16-17H,4-5H2,1-3H3. The van der Waals surface area contributed by atoms with Gasteiger partial charge in [-0.2, -0.15) is 0 Å². The van der Waals surface area contributed by atoms with Crippen LogP contribution in [0.5, 0.6) is 0 Å². The van der Waals surface area contributed by atoms with Crippen molar-refractivity contribution in [2.75, 3.05) is 6.61 Å². The number of benzene rings is 1. The molecule has 0 aliphatic rings. The first-order chi connectivity index (χ1) is 8.04. The van der Waals surface area contributed by atoms with E-state index in [2.05, 4.69) is 26.0 Å². The molecule has 0 aliphatic heterocycles. The molecule has 0 amide bonds. The maximum Gasteiger partial charge on any atom is 0.0782 e. The summed E-state index contributed by atoms with van der Waals surface area (Å²) in [4.78, 5) is 0. The Morgan fingerprint density at radius 2 is 1.88 bits per heavy atom. The van der Waals surface area contributed by atoms with Crippen molar-refractivity contribution in [1.82, 2.24) is 4.57 Å². The summed E-state index contributed by atoms with van der Waals surface area (Å²) in [6.07, 6.45) is 1.45. The van der Waals surface area contributed by atoms with Crippen LogP contribution in [0, 0.1) is 13.8 Å². The van der Waals surface area contributed by atoms with Gasteiger partial charge >= 0.3 is 0 Å². The molecule has 1 atom stereocenters. The number of hydrogen-bond donors (Lipinski definition) is 2. The lowest BCUT2D eigenvalue weighted by Gasteiger charge is -2.05. The molecule has 17 heavy (non-hydrogen) atoms. The number of aliphatic hydroxyl groups is 2. The molecule has 0 saturated heterocycles. The number of aromatic nitrogens is 1. The number of rotatable bonds is 3. The van der Waals surface area contributed by atoms with Crippen LogP contribution in [0.3, 0.4) is 0 Å². The second kappa shape index (κ2) is 4.51. The molecule has 0 saturated carbocycles. The molecular formula is C14H19NO2. The van der Waals surface area contributed by atoms with Crippen LogP contribution in [0.25, 0.3) is 10.9 Å². The molecule has 0 radical (unpaired) electrons. The monoisotopic (exact) mass is 233 g/mol. The van der Waals surface area contributed by atoms with Gasteiger partial charge < -0.3 is 14.8 Å². The van der Waals surface area contributed by atoms with E-state index in [1.54, 1.807) is 6.92 Å². The molecule has 0 bridgehead atoms. The summed E-state index contributed by atoms with van der Waals surface area (Å²) in [6, 6.07) is 4.23. The van der Waals surface area contributed by atoms with Crippen molar-refractivity contribution in [3.63, 3.8) is 0 Å². The van der Waals surface area contributed by atoms with Crippen LogP contribution >= 0.6 is 0 Å². The Kier molecular flexibility index (Phi) is 3.22. The lowest BCUT2D eigenvalue weighted by Crippen LogP contribution is -2.00. The highest BCUT2D eigenvalue weighted by Crippen LogP contribution is 2.28. The van der Waals surface area contributed by atoms with Crippen molar-refractivity contribution in [1.29, 1.82) is 0 Å². The molecule has 1 unspecified atom stereocenters. The van der Waals surface area contributed by atoms with Crippen LogP contribution in [0.1, 0.15) is 29.7 Å². The highest BCUT2D eigenvalue weighted by atomic mass is 16.3. The molecule has 1 heterocycles. The summed E-state index contributed by atoms with van der Waals surface area (Å²) in [7, 11) is 0. The van der Waals surface area contributed by atoms with E-state index in [0.717, 1.165) is 16.5 Å². The summed E-state index contributed by atoms with van der Waals surface area (Å²) in [5, 5.41) is 19.9. The minimum absolute atomic E-state index is 0.107. The predicted octanol–water partition coefficient (Wildman–Crippen LogP) is 2.30. The van der Waals surface area contributed by atoms with Crippen molar-refractivity contribution in [3.8, 4) is 0 Å². The second-order valence-corrected chi connectivity index (χ2v) is 4.63. The molecule has 3 nitrogen and oxygen atoms in total. The van der Waals surface area contributed by atoms with Crippen molar-refractivity contribution < 1.29 is 10.2 Å². The summed E-state index contributed by atoms with van der Waals surface area (Å²) in [5.41, 5.74) is 4.46. The Labute approximate surface area is 101 Å². The van der Waals surface area contributed by atoms with E-state index < -0.39 is 6.10 Å². The molecule has 1 aromatic heterocycles. The molecule has 1 aromatic carbocycles. The molecule has 2 rings (SSSR count). The Morgan fingerprint density at radius 1 is 1.24 bits per heavy atom. The van der Waals surface area contributed by atoms with Crippen molar-refractivity contribution in [2.24, 2.45) is 0 Å². The number of hydrogen-bond acceptors (Lipinski definition) is 2. The van der Waals surface area contributed by atoms with Crippen molar-refractivity contribution in [3.05, 3.63) is 35.0 Å². The zero-order chi connectivity index (χ0) is 12.6. The Morgan fingerprint density at radius 3 is 2.47 bits per heavy atom. The molecule has 92 valence electrons. The van der Waals surface area contributed by atoms with E-state index in [1.807, 2.05) is 10.8 Å². The minimum atomic E-state index is -0.487. The summed E-state index contributed by atoms with van der Waals surface area (Å²) >= 11 is 0. The van der Waals surface area contributed by atoms with Gasteiger partial charge in [-0.1, -0.05) is 0 Å². The fourth-order valence-electron chi connectivity index (χ4n) is 2.20. The third-order valence-corrected chi connectivity index (χ3v) is 3.32. The summed E-state index contributed by atoms with van der Waals surface area (Å²) in [6.45, 7) is 6.59. The first-order valence-electron chi connectivity index (χ1n) is 5.93. The average molecular weight is 233 g/mol. The Bertz CT molecular complexity index is 541. The van der Waals surface area contributed by atoms with Crippen LogP contribution in [0.2, 0.25) is 0 Å². The molecule has 3 heteroatoms. The van der Waals surface area contributed by atoms with Gasteiger partial charge in [0, 0.05) is 29.2 Å². The highest BCUT2D eigenvalue weighted by molar-refractivity contribution is 5.86. The van der Waals surface area contributed by atoms with Crippen LogP contribution in [-0.4, -0.2) is 21.4 Å². The van der Waals surface area contributed by atoms with Gasteiger partial charge in [0.05, 0.1) is 12.7 Å². The third-order valence-electron chi connectivity index (χ3n) is 3.32. The van der Waals surface area contributed by atoms with Crippen LogP contribution in [0.4, 0.5) is 0 Å². The predicted molar refractivity (Wildman–Crippen MR) is 69.1 cm³/mol. The Hall–Kier alpha value is -1.32. The van der Waals surface area contributed by atoms with E-state index in [1.165, 1.54) is 11.1 Å². The van der Waals surface area contributed by atoms with E-state index in [0.29, 0.717) is 6.54 Å². The molecule has 0 aliphatic carbocycles. The van der Waals surface area contributed by atoms with Gasteiger partial charge in [0.1, 0.15) is 0 Å². The van der Waals surface area contributed by atoms with E-state index in [4.69, 9.17) is 5.11 Å². The molecule has 2 N–H and O–H groups in total. The summed E-state index contributed by atoms with van der Waals surface area (Å²) in [5.74, 6) is 0. The van der Waals surface area contributed by atoms with Crippen molar-refractivity contribution in [2.45, 2.75) is 33.4 Å². The smallest absolute Gasteiger partial charge is 0.0782 e. The lowest BCUT2D eigenvalue weighted by atomic mass is 10.0. The fraction of sp³-hybridized carbons (Fsp3) is 0.429. The van der Waals surface area contributed by atoms with E-state index in [9.17, 15) is 5.11 Å². The third kappa shape index (κ3) is 2.08. The summed E-state index contributed by atoms with van der Waals surface area (Å²) < 4.78 is 2.00. The lowest BCUT2D eigenvalue weighted by molar-refractivity contribution is 0.200. The number of fused-ring (bicyclic) bond motifs is 1. The van der Waals surface area contributed by atoms with Gasteiger partial charge in [-0.05, 0) is 44.0 Å². The highest BCUT2D eigenvalue weighted by Gasteiger charge is 2.13. The normalized spacial score (nSPS) is 13.2. The molecule has 0 fully saturated rings.